The molecule has 3 aliphatic rings. The first-order chi connectivity index (χ1) is 15.1. The second-order valence-corrected chi connectivity index (χ2v) is 10.7. The van der Waals surface area contributed by atoms with Crippen LogP contribution in [0.25, 0.3) is 0 Å². The summed E-state index contributed by atoms with van der Waals surface area (Å²) >= 11 is 0. The molecule has 32 heavy (non-hydrogen) atoms. The maximum absolute atomic E-state index is 13.8. The molecule has 1 saturated carbocycles. The van der Waals surface area contributed by atoms with E-state index < -0.39 is 5.41 Å². The van der Waals surface area contributed by atoms with Gasteiger partial charge in [-0.1, -0.05) is 45.9 Å². The summed E-state index contributed by atoms with van der Waals surface area (Å²) in [5.41, 5.74) is 2.54. The van der Waals surface area contributed by atoms with Crippen molar-refractivity contribution in [2.24, 2.45) is 16.7 Å². The predicted octanol–water partition coefficient (Wildman–Crippen LogP) is 5.29. The number of ketones is 1. The fourth-order valence-electron chi connectivity index (χ4n) is 7.13. The fourth-order valence-corrected chi connectivity index (χ4v) is 7.13. The van der Waals surface area contributed by atoms with Gasteiger partial charge in [0.1, 0.15) is 18.3 Å². The summed E-state index contributed by atoms with van der Waals surface area (Å²) in [5, 5.41) is 0. The van der Waals surface area contributed by atoms with Crippen LogP contribution in [0.2, 0.25) is 0 Å². The molecule has 1 aromatic carbocycles. The zero-order valence-electron chi connectivity index (χ0n) is 20.6. The van der Waals surface area contributed by atoms with Crippen molar-refractivity contribution in [3.8, 4) is 5.75 Å². The van der Waals surface area contributed by atoms with Gasteiger partial charge in [-0.05, 0) is 42.4 Å². The number of carbonyl (C=O) groups is 1. The Morgan fingerprint density at radius 1 is 1.03 bits per heavy atom. The van der Waals surface area contributed by atoms with Crippen molar-refractivity contribution >= 4 is 5.78 Å². The standard InChI is InChI=1S/C27H38O5/c1-17-12-19-22(20(13-17)31-15-29-6)18(2)23(32-16-30-7)24-25(19,3)14-21(28)26(4)10-8-9-11-27(24,26)5/h8-9,12-13,18,23-24H,10-11,14-16H2,1-7H3/t18-,23?,24+,25+,26-,27+/m1/s1. The van der Waals surface area contributed by atoms with Crippen molar-refractivity contribution in [3.05, 3.63) is 41.0 Å². The summed E-state index contributed by atoms with van der Waals surface area (Å²) in [7, 11) is 3.29. The monoisotopic (exact) mass is 442 g/mol. The molecule has 1 aromatic rings. The summed E-state index contributed by atoms with van der Waals surface area (Å²) in [5.74, 6) is 1.44. The van der Waals surface area contributed by atoms with Gasteiger partial charge in [-0.2, -0.15) is 0 Å². The minimum atomic E-state index is -0.392. The van der Waals surface area contributed by atoms with E-state index >= 15 is 0 Å². The van der Waals surface area contributed by atoms with Crippen LogP contribution in [-0.2, 0) is 24.4 Å². The Balaban J connectivity index is 1.97. The number of rotatable bonds is 6. The Morgan fingerprint density at radius 2 is 1.72 bits per heavy atom. The number of fused-ring (bicyclic) bond motifs is 5. The lowest BCUT2D eigenvalue weighted by Crippen LogP contribution is -2.66. The van der Waals surface area contributed by atoms with Crippen LogP contribution in [0.1, 0.15) is 69.6 Å². The predicted molar refractivity (Wildman–Crippen MR) is 124 cm³/mol. The maximum Gasteiger partial charge on any atom is 0.188 e. The third-order valence-electron chi connectivity index (χ3n) is 8.90. The molecule has 1 fully saturated rings. The average Bonchev–Trinajstić information content (AvgIpc) is 2.74. The van der Waals surface area contributed by atoms with E-state index in [1.807, 2.05) is 0 Å². The molecule has 0 N–H and O–H groups in total. The quantitative estimate of drug-likeness (QED) is 0.442. The highest BCUT2D eigenvalue weighted by Crippen LogP contribution is 2.68. The zero-order valence-corrected chi connectivity index (χ0v) is 20.6. The van der Waals surface area contributed by atoms with Crippen molar-refractivity contribution in [1.82, 2.24) is 0 Å². The molecular weight excluding hydrogens is 404 g/mol. The summed E-state index contributed by atoms with van der Waals surface area (Å²) in [6, 6.07) is 4.34. The zero-order chi connectivity index (χ0) is 23.3. The highest BCUT2D eigenvalue weighted by molar-refractivity contribution is 5.89. The van der Waals surface area contributed by atoms with Crippen LogP contribution in [0.5, 0.6) is 5.75 Å². The normalized spacial score (nSPS) is 38.1. The molecule has 6 atom stereocenters. The number of hydrogen-bond donors (Lipinski definition) is 0. The van der Waals surface area contributed by atoms with Crippen LogP contribution < -0.4 is 4.74 Å². The van der Waals surface area contributed by atoms with Gasteiger partial charge in [-0.15, -0.1) is 0 Å². The van der Waals surface area contributed by atoms with Crippen molar-refractivity contribution in [2.45, 2.75) is 71.3 Å². The Bertz CT molecular complexity index is 923. The molecule has 0 spiro atoms. The van der Waals surface area contributed by atoms with Crippen LogP contribution in [0.3, 0.4) is 0 Å². The van der Waals surface area contributed by atoms with Gasteiger partial charge in [0.15, 0.2) is 6.79 Å². The van der Waals surface area contributed by atoms with Gasteiger partial charge in [-0.3, -0.25) is 4.79 Å². The number of ether oxygens (including phenoxy) is 4. The van der Waals surface area contributed by atoms with E-state index in [9.17, 15) is 4.79 Å². The molecular formula is C27H38O5. The summed E-state index contributed by atoms with van der Waals surface area (Å²) < 4.78 is 23.1. The number of carbonyl (C=O) groups excluding carboxylic acids is 1. The fraction of sp³-hybridized carbons (Fsp3) is 0.667. The van der Waals surface area contributed by atoms with E-state index in [0.29, 0.717) is 12.2 Å². The van der Waals surface area contributed by atoms with E-state index in [4.69, 9.17) is 18.9 Å². The van der Waals surface area contributed by atoms with E-state index in [2.05, 4.69) is 58.9 Å². The SMILES string of the molecule is COCOc1cc(C)cc2c1[C@@H](C)C(OCOC)[C@H]1[C@@]2(C)CC(=O)[C@@]2(C)CC=CC[C@@]12C. The number of hydrogen-bond acceptors (Lipinski definition) is 5. The molecule has 3 aliphatic carbocycles. The first kappa shape index (κ1) is 23.5. The Labute approximate surface area is 192 Å². The lowest BCUT2D eigenvalue weighted by Gasteiger charge is -2.65. The highest BCUT2D eigenvalue weighted by atomic mass is 16.7. The van der Waals surface area contributed by atoms with Crippen molar-refractivity contribution in [1.29, 1.82) is 0 Å². The first-order valence-electron chi connectivity index (χ1n) is 11.7. The molecule has 0 saturated heterocycles. The second kappa shape index (κ2) is 8.27. The molecule has 0 radical (unpaired) electrons. The van der Waals surface area contributed by atoms with Gasteiger partial charge < -0.3 is 18.9 Å². The van der Waals surface area contributed by atoms with Crippen LogP contribution in [-0.4, -0.2) is 39.7 Å². The highest BCUT2D eigenvalue weighted by Gasteiger charge is 2.67. The Morgan fingerprint density at radius 3 is 2.41 bits per heavy atom. The lowest BCUT2D eigenvalue weighted by molar-refractivity contribution is -0.189. The maximum atomic E-state index is 13.8. The molecule has 0 amide bonds. The van der Waals surface area contributed by atoms with Crippen LogP contribution in [0.4, 0.5) is 0 Å². The number of allylic oxidation sites excluding steroid dienone is 2. The van der Waals surface area contributed by atoms with E-state index in [-0.39, 0.29) is 42.4 Å². The van der Waals surface area contributed by atoms with Crippen LogP contribution in [0, 0.1) is 23.7 Å². The van der Waals surface area contributed by atoms with E-state index in [1.165, 1.54) is 5.56 Å². The molecule has 0 aromatic heterocycles. The molecule has 0 heterocycles. The van der Waals surface area contributed by atoms with E-state index in [1.54, 1.807) is 14.2 Å². The topological polar surface area (TPSA) is 54.0 Å². The van der Waals surface area contributed by atoms with Crippen molar-refractivity contribution in [2.75, 3.05) is 27.8 Å². The number of benzene rings is 1. The van der Waals surface area contributed by atoms with Gasteiger partial charge in [0, 0.05) is 48.9 Å². The minimum Gasteiger partial charge on any atom is -0.467 e. The summed E-state index contributed by atoms with van der Waals surface area (Å²) in [4.78, 5) is 13.8. The average molecular weight is 443 g/mol. The van der Waals surface area contributed by atoms with Gasteiger partial charge in [0.25, 0.3) is 0 Å². The third-order valence-corrected chi connectivity index (χ3v) is 8.90. The molecule has 0 bridgehead atoms. The van der Waals surface area contributed by atoms with Gasteiger partial charge in [-0.25, -0.2) is 0 Å². The molecule has 5 heteroatoms. The molecule has 4 rings (SSSR count). The minimum absolute atomic E-state index is 0.0888. The van der Waals surface area contributed by atoms with Gasteiger partial charge >= 0.3 is 0 Å². The smallest absolute Gasteiger partial charge is 0.188 e. The second-order valence-electron chi connectivity index (χ2n) is 10.7. The third kappa shape index (κ3) is 3.19. The van der Waals surface area contributed by atoms with E-state index in [0.717, 1.165) is 29.7 Å². The Kier molecular flexibility index (Phi) is 6.06. The van der Waals surface area contributed by atoms with Crippen LogP contribution in [0.15, 0.2) is 24.3 Å². The molecule has 176 valence electrons. The number of Topliss-reactive ketones (excluding diaryl/α,β-unsaturated/α-hetero) is 1. The molecule has 5 nitrogen and oxygen atoms in total. The first-order valence-corrected chi connectivity index (χ1v) is 11.7. The molecule has 0 aliphatic heterocycles. The number of aryl methyl sites for hydroxylation is 1. The lowest BCUT2D eigenvalue weighted by atomic mass is 9.38. The van der Waals surface area contributed by atoms with Crippen molar-refractivity contribution < 1.29 is 23.7 Å². The van der Waals surface area contributed by atoms with Crippen molar-refractivity contribution in [3.63, 3.8) is 0 Å². The summed E-state index contributed by atoms with van der Waals surface area (Å²) in [6.45, 7) is 11.5. The Hall–Kier alpha value is -1.69. The molecule has 1 unspecified atom stereocenters. The van der Waals surface area contributed by atoms with Gasteiger partial charge in [0.05, 0.1) is 6.10 Å². The summed E-state index contributed by atoms with van der Waals surface area (Å²) in [6.07, 6.45) is 6.54. The van der Waals surface area contributed by atoms with Gasteiger partial charge in [0.2, 0.25) is 0 Å². The largest absolute Gasteiger partial charge is 0.467 e. The number of methoxy groups -OCH3 is 2. The van der Waals surface area contributed by atoms with Crippen LogP contribution >= 0.6 is 0 Å².